The number of hydrogen-bond donors (Lipinski definition) is 2. The lowest BCUT2D eigenvalue weighted by Gasteiger charge is -2.28. The highest BCUT2D eigenvalue weighted by Gasteiger charge is 2.17. The summed E-state index contributed by atoms with van der Waals surface area (Å²) in [5.41, 5.74) is 2.45. The molecule has 0 saturated heterocycles. The van der Waals surface area contributed by atoms with E-state index in [-0.39, 0.29) is 11.6 Å². The summed E-state index contributed by atoms with van der Waals surface area (Å²) in [6.45, 7) is 3.12. The van der Waals surface area contributed by atoms with E-state index in [4.69, 9.17) is 17.0 Å². The second kappa shape index (κ2) is 9.97. The Labute approximate surface area is 196 Å². The molecule has 0 amide bonds. The summed E-state index contributed by atoms with van der Waals surface area (Å²) in [6, 6.07) is 21.9. The number of nitrogens with one attached hydrogen (secondary N) is 2. The van der Waals surface area contributed by atoms with Gasteiger partial charge in [-0.15, -0.1) is 11.3 Å². The summed E-state index contributed by atoms with van der Waals surface area (Å²) in [4.78, 5) is 19.1. The third-order valence-corrected chi connectivity index (χ3v) is 6.58. The van der Waals surface area contributed by atoms with E-state index in [9.17, 15) is 4.79 Å². The van der Waals surface area contributed by atoms with Crippen molar-refractivity contribution in [2.45, 2.75) is 26.1 Å². The molecule has 32 heavy (non-hydrogen) atoms. The Kier molecular flexibility index (Phi) is 6.87. The molecule has 2 heterocycles. The Morgan fingerprint density at radius 1 is 1.12 bits per heavy atom. The molecular weight excluding hydrogens is 438 g/mol. The van der Waals surface area contributed by atoms with Gasteiger partial charge in [0, 0.05) is 16.5 Å². The zero-order chi connectivity index (χ0) is 22.5. The van der Waals surface area contributed by atoms with Crippen LogP contribution in [0.4, 0.5) is 0 Å². The van der Waals surface area contributed by atoms with Crippen LogP contribution in [0.5, 0.6) is 5.75 Å². The standard InChI is InChI=1S/C25H25N3O2S2/c1-17(18-7-4-3-5-8-18)26-25(31)28(16-22-9-6-12-32-22)15-20-13-19-10-11-21(30-2)14-23(19)27-24(20)29/h3-14,17H,15-16H2,1-2H3,(H,26,31)(H,27,29)/t17-/m0/s1. The van der Waals surface area contributed by atoms with Gasteiger partial charge < -0.3 is 19.9 Å². The first-order valence-corrected chi connectivity index (χ1v) is 11.6. The minimum absolute atomic E-state index is 0.0527. The van der Waals surface area contributed by atoms with Crippen molar-refractivity contribution < 1.29 is 4.74 Å². The molecule has 0 aliphatic rings. The van der Waals surface area contributed by atoms with Gasteiger partial charge in [0.25, 0.3) is 5.56 Å². The highest BCUT2D eigenvalue weighted by molar-refractivity contribution is 7.80. The van der Waals surface area contributed by atoms with Gasteiger partial charge in [0.05, 0.1) is 31.8 Å². The average Bonchev–Trinajstić information content (AvgIpc) is 3.32. The Bertz CT molecular complexity index is 1250. The van der Waals surface area contributed by atoms with Gasteiger partial charge in [0.15, 0.2) is 5.11 Å². The molecule has 4 rings (SSSR count). The summed E-state index contributed by atoms with van der Waals surface area (Å²) >= 11 is 7.46. The summed E-state index contributed by atoms with van der Waals surface area (Å²) in [5.74, 6) is 0.709. The molecule has 4 aromatic rings. The number of thiocarbonyl (C=S) groups is 1. The Morgan fingerprint density at radius 3 is 2.66 bits per heavy atom. The molecule has 2 aromatic heterocycles. The number of fused-ring (bicyclic) bond motifs is 1. The number of methoxy groups -OCH3 is 1. The van der Waals surface area contributed by atoms with Crippen LogP contribution in [0.2, 0.25) is 0 Å². The number of aromatic nitrogens is 1. The summed E-state index contributed by atoms with van der Waals surface area (Å²) < 4.78 is 5.27. The molecule has 2 N–H and O–H groups in total. The van der Waals surface area contributed by atoms with Crippen molar-refractivity contribution in [1.29, 1.82) is 0 Å². The summed E-state index contributed by atoms with van der Waals surface area (Å²) in [6.07, 6.45) is 0. The van der Waals surface area contributed by atoms with E-state index in [0.29, 0.717) is 29.5 Å². The van der Waals surface area contributed by atoms with Crippen molar-refractivity contribution in [3.8, 4) is 5.75 Å². The molecule has 0 bridgehead atoms. The third kappa shape index (κ3) is 5.18. The van der Waals surface area contributed by atoms with Gasteiger partial charge in [-0.3, -0.25) is 4.79 Å². The minimum Gasteiger partial charge on any atom is -0.497 e. The number of hydrogen-bond acceptors (Lipinski definition) is 4. The van der Waals surface area contributed by atoms with Crippen LogP contribution >= 0.6 is 23.6 Å². The van der Waals surface area contributed by atoms with E-state index in [2.05, 4.69) is 35.4 Å². The highest BCUT2D eigenvalue weighted by atomic mass is 32.1. The first-order valence-electron chi connectivity index (χ1n) is 10.4. The van der Waals surface area contributed by atoms with Gasteiger partial charge in [-0.05, 0) is 59.7 Å². The number of aromatic amines is 1. The molecule has 7 heteroatoms. The monoisotopic (exact) mass is 463 g/mol. The lowest BCUT2D eigenvalue weighted by molar-refractivity contribution is 0.395. The predicted octanol–water partition coefficient (Wildman–Crippen LogP) is 5.24. The lowest BCUT2D eigenvalue weighted by Crippen LogP contribution is -2.40. The molecule has 164 valence electrons. The van der Waals surface area contributed by atoms with Crippen LogP contribution in [0, 0.1) is 0 Å². The molecule has 0 fully saturated rings. The highest BCUT2D eigenvalue weighted by Crippen LogP contribution is 2.20. The molecule has 0 saturated carbocycles. The first-order chi connectivity index (χ1) is 15.5. The zero-order valence-electron chi connectivity index (χ0n) is 18.0. The number of benzene rings is 2. The second-order valence-electron chi connectivity index (χ2n) is 7.59. The molecule has 0 spiro atoms. The number of thiophene rings is 1. The number of pyridine rings is 1. The van der Waals surface area contributed by atoms with Crippen LogP contribution < -0.4 is 15.6 Å². The van der Waals surface area contributed by atoms with E-state index in [1.54, 1.807) is 18.4 Å². The molecule has 0 unspecified atom stereocenters. The van der Waals surface area contributed by atoms with E-state index < -0.39 is 0 Å². The maximum Gasteiger partial charge on any atom is 0.253 e. The maximum absolute atomic E-state index is 12.9. The van der Waals surface area contributed by atoms with Gasteiger partial charge >= 0.3 is 0 Å². The van der Waals surface area contributed by atoms with Gasteiger partial charge in [-0.2, -0.15) is 0 Å². The van der Waals surface area contributed by atoms with Crippen molar-refractivity contribution in [3.63, 3.8) is 0 Å². The van der Waals surface area contributed by atoms with Crippen molar-refractivity contribution in [1.82, 2.24) is 15.2 Å². The van der Waals surface area contributed by atoms with Gasteiger partial charge in [0.2, 0.25) is 0 Å². The fourth-order valence-corrected chi connectivity index (χ4v) is 4.59. The number of ether oxygens (including phenoxy) is 1. The Morgan fingerprint density at radius 2 is 1.94 bits per heavy atom. The zero-order valence-corrected chi connectivity index (χ0v) is 19.6. The molecule has 0 aliphatic carbocycles. The van der Waals surface area contributed by atoms with Crippen LogP contribution in [-0.4, -0.2) is 22.1 Å². The lowest BCUT2D eigenvalue weighted by atomic mass is 10.1. The van der Waals surface area contributed by atoms with Crippen LogP contribution in [0.1, 0.15) is 29.0 Å². The number of H-pyrrole nitrogens is 1. The van der Waals surface area contributed by atoms with Gasteiger partial charge in [-0.25, -0.2) is 0 Å². The fourth-order valence-electron chi connectivity index (χ4n) is 3.57. The Hall–Kier alpha value is -3.16. The van der Waals surface area contributed by atoms with E-state index in [0.717, 1.165) is 16.5 Å². The van der Waals surface area contributed by atoms with Crippen LogP contribution in [0.15, 0.2) is 76.9 Å². The summed E-state index contributed by atoms with van der Waals surface area (Å²) in [7, 11) is 1.61. The van der Waals surface area contributed by atoms with E-state index in [1.807, 2.05) is 58.8 Å². The van der Waals surface area contributed by atoms with E-state index >= 15 is 0 Å². The number of rotatable bonds is 7. The maximum atomic E-state index is 12.9. The van der Waals surface area contributed by atoms with Crippen LogP contribution in [0.25, 0.3) is 10.9 Å². The second-order valence-corrected chi connectivity index (χ2v) is 9.01. The largest absolute Gasteiger partial charge is 0.497 e. The smallest absolute Gasteiger partial charge is 0.253 e. The molecule has 2 aromatic carbocycles. The first kappa shape index (κ1) is 22.0. The van der Waals surface area contributed by atoms with Crippen molar-refractivity contribution >= 4 is 39.6 Å². The van der Waals surface area contributed by atoms with Crippen LogP contribution in [0.3, 0.4) is 0 Å². The average molecular weight is 464 g/mol. The molecule has 0 aliphatic heterocycles. The normalized spacial score (nSPS) is 11.8. The predicted molar refractivity (Wildman–Crippen MR) is 135 cm³/mol. The Balaban J connectivity index is 1.59. The van der Waals surface area contributed by atoms with Gasteiger partial charge in [-0.1, -0.05) is 36.4 Å². The quantitative estimate of drug-likeness (QED) is 0.367. The van der Waals surface area contributed by atoms with Crippen LogP contribution in [-0.2, 0) is 13.1 Å². The van der Waals surface area contributed by atoms with Crippen molar-refractivity contribution in [2.75, 3.05) is 7.11 Å². The topological polar surface area (TPSA) is 57.4 Å². The van der Waals surface area contributed by atoms with Crippen molar-refractivity contribution in [2.24, 2.45) is 0 Å². The number of nitrogens with zero attached hydrogens (tertiary/aromatic N) is 1. The molecule has 5 nitrogen and oxygen atoms in total. The summed E-state index contributed by atoms with van der Waals surface area (Å²) in [5, 5.41) is 7.05. The SMILES string of the molecule is COc1ccc2cc(CN(Cc3cccs3)C(=S)N[C@@H](C)c3ccccc3)c(=O)[nH]c2c1. The third-order valence-electron chi connectivity index (χ3n) is 5.34. The van der Waals surface area contributed by atoms with Gasteiger partial charge in [0.1, 0.15) is 5.75 Å². The molecule has 1 atom stereocenters. The molecule has 0 radical (unpaired) electrons. The van der Waals surface area contributed by atoms with E-state index in [1.165, 1.54) is 4.88 Å². The fraction of sp³-hybridized carbons (Fsp3) is 0.200. The van der Waals surface area contributed by atoms with Crippen molar-refractivity contribution in [3.05, 3.63) is 98.5 Å². The molecular formula is C25H25N3O2S2. The minimum atomic E-state index is -0.124.